The number of carbonyl (C=O) groups excluding carboxylic acids is 3. The predicted octanol–water partition coefficient (Wildman–Crippen LogP) is 2.40. The smallest absolute Gasteiger partial charge is 0.325 e. The van der Waals surface area contributed by atoms with E-state index in [1.54, 1.807) is 4.90 Å². The number of hydrogen-bond acceptors (Lipinski definition) is 4. The van der Waals surface area contributed by atoms with E-state index in [1.807, 2.05) is 20.8 Å². The van der Waals surface area contributed by atoms with Gasteiger partial charge in [-0.3, -0.25) is 14.5 Å². The van der Waals surface area contributed by atoms with Crippen LogP contribution in [0.5, 0.6) is 0 Å². The zero-order chi connectivity index (χ0) is 21.2. The Bertz CT molecular complexity index is 775. The molecule has 0 aliphatic carbocycles. The average Bonchev–Trinajstić information content (AvgIpc) is 2.91. The minimum atomic E-state index is -1.27. The Hall–Kier alpha value is -2.48. The van der Waals surface area contributed by atoms with E-state index in [4.69, 9.17) is 4.74 Å². The quantitative estimate of drug-likeness (QED) is 0.737. The van der Waals surface area contributed by atoms with Crippen molar-refractivity contribution in [3.8, 4) is 0 Å². The number of halogens is 1. The zero-order valence-corrected chi connectivity index (χ0v) is 17.1. The molecule has 3 rings (SSSR count). The largest absolute Gasteiger partial charge is 0.372 e. The highest BCUT2D eigenvalue weighted by molar-refractivity contribution is 6.09. The Morgan fingerprint density at radius 3 is 2.41 bits per heavy atom. The standard InChI is InChI=1S/C21H28FN3O4/c1-4-5-10-21(16-6-8-17(22)9-7-16)19(27)25(20(28)23-21)13-18(26)24-11-14(2)29-15(3)12-24/h6-9,14-15H,4-5,10-13H2,1-3H3,(H,23,28)/t14-,15-,21+/m1/s1. The van der Waals surface area contributed by atoms with Crippen LogP contribution in [-0.2, 0) is 19.9 Å². The van der Waals surface area contributed by atoms with Crippen LogP contribution >= 0.6 is 0 Å². The second-order valence-corrected chi connectivity index (χ2v) is 7.89. The van der Waals surface area contributed by atoms with E-state index in [-0.39, 0.29) is 24.7 Å². The molecule has 2 saturated heterocycles. The van der Waals surface area contributed by atoms with Crippen molar-refractivity contribution in [3.63, 3.8) is 0 Å². The number of benzene rings is 1. The zero-order valence-electron chi connectivity index (χ0n) is 17.1. The Balaban J connectivity index is 1.82. The van der Waals surface area contributed by atoms with Gasteiger partial charge in [0.1, 0.15) is 17.9 Å². The lowest BCUT2D eigenvalue weighted by Gasteiger charge is -2.36. The van der Waals surface area contributed by atoms with Gasteiger partial charge in [-0.2, -0.15) is 0 Å². The van der Waals surface area contributed by atoms with Crippen LogP contribution < -0.4 is 5.32 Å². The van der Waals surface area contributed by atoms with Crippen molar-refractivity contribution in [1.82, 2.24) is 15.1 Å². The first-order valence-electron chi connectivity index (χ1n) is 10.1. The fraction of sp³-hybridized carbons (Fsp3) is 0.571. The summed E-state index contributed by atoms with van der Waals surface area (Å²) in [6.45, 7) is 6.28. The second-order valence-electron chi connectivity index (χ2n) is 7.89. The third kappa shape index (κ3) is 4.27. The highest BCUT2D eigenvalue weighted by Gasteiger charge is 2.52. The van der Waals surface area contributed by atoms with Crippen LogP contribution in [0.3, 0.4) is 0 Å². The molecule has 0 radical (unpaired) electrons. The lowest BCUT2D eigenvalue weighted by atomic mass is 9.85. The summed E-state index contributed by atoms with van der Waals surface area (Å²) < 4.78 is 19.0. The summed E-state index contributed by atoms with van der Waals surface area (Å²) >= 11 is 0. The second kappa shape index (κ2) is 8.49. The van der Waals surface area contributed by atoms with Crippen LogP contribution in [-0.4, -0.2) is 59.5 Å². The van der Waals surface area contributed by atoms with E-state index >= 15 is 0 Å². The van der Waals surface area contributed by atoms with Gasteiger partial charge in [0.15, 0.2) is 0 Å². The number of nitrogens with zero attached hydrogens (tertiary/aromatic N) is 2. The fourth-order valence-corrected chi connectivity index (χ4v) is 4.07. The predicted molar refractivity (Wildman–Crippen MR) is 104 cm³/mol. The number of morpholine rings is 1. The van der Waals surface area contributed by atoms with Gasteiger partial charge in [-0.15, -0.1) is 0 Å². The number of ether oxygens (including phenoxy) is 1. The van der Waals surface area contributed by atoms with Gasteiger partial charge < -0.3 is 15.0 Å². The first kappa shape index (κ1) is 21.2. The minimum Gasteiger partial charge on any atom is -0.372 e. The van der Waals surface area contributed by atoms with Gasteiger partial charge in [-0.1, -0.05) is 31.9 Å². The van der Waals surface area contributed by atoms with Crippen molar-refractivity contribution in [2.45, 2.75) is 57.8 Å². The monoisotopic (exact) mass is 405 g/mol. The molecule has 7 nitrogen and oxygen atoms in total. The van der Waals surface area contributed by atoms with Crippen LogP contribution in [0.4, 0.5) is 9.18 Å². The number of hydrogen-bond donors (Lipinski definition) is 1. The van der Waals surface area contributed by atoms with Crippen molar-refractivity contribution in [2.24, 2.45) is 0 Å². The molecule has 2 heterocycles. The van der Waals surface area contributed by atoms with Gasteiger partial charge in [-0.25, -0.2) is 9.18 Å². The molecule has 0 saturated carbocycles. The Labute approximate surface area is 170 Å². The van der Waals surface area contributed by atoms with Crippen LogP contribution in [0.2, 0.25) is 0 Å². The van der Waals surface area contributed by atoms with E-state index in [2.05, 4.69) is 5.32 Å². The molecular formula is C21H28FN3O4. The molecular weight excluding hydrogens is 377 g/mol. The molecule has 4 amide bonds. The van der Waals surface area contributed by atoms with Crippen LogP contribution in [0.1, 0.15) is 45.6 Å². The Morgan fingerprint density at radius 1 is 1.21 bits per heavy atom. The van der Waals surface area contributed by atoms with Gasteiger partial charge in [0.25, 0.3) is 5.91 Å². The highest BCUT2D eigenvalue weighted by Crippen LogP contribution is 2.34. The summed E-state index contributed by atoms with van der Waals surface area (Å²) in [7, 11) is 0. The van der Waals surface area contributed by atoms with Crippen molar-refractivity contribution in [3.05, 3.63) is 35.6 Å². The normalized spacial score (nSPS) is 27.3. The van der Waals surface area contributed by atoms with Gasteiger partial charge >= 0.3 is 6.03 Å². The number of urea groups is 1. The first-order chi connectivity index (χ1) is 13.8. The van der Waals surface area contributed by atoms with E-state index in [1.165, 1.54) is 24.3 Å². The molecule has 2 aliphatic rings. The van der Waals surface area contributed by atoms with E-state index in [0.717, 1.165) is 11.3 Å². The van der Waals surface area contributed by atoms with Gasteiger partial charge in [0.2, 0.25) is 5.91 Å². The Kier molecular flexibility index (Phi) is 6.21. The molecule has 0 spiro atoms. The average molecular weight is 405 g/mol. The summed E-state index contributed by atoms with van der Waals surface area (Å²) in [5.74, 6) is -1.18. The van der Waals surface area contributed by atoms with Crippen molar-refractivity contribution in [2.75, 3.05) is 19.6 Å². The molecule has 1 N–H and O–H groups in total. The maximum absolute atomic E-state index is 13.4. The van der Waals surface area contributed by atoms with E-state index < -0.39 is 23.3 Å². The molecule has 0 aromatic heterocycles. The summed E-state index contributed by atoms with van der Waals surface area (Å²) in [4.78, 5) is 41.4. The summed E-state index contributed by atoms with van der Waals surface area (Å²) in [5, 5.41) is 2.78. The number of nitrogens with one attached hydrogen (secondary N) is 1. The minimum absolute atomic E-state index is 0.103. The van der Waals surface area contributed by atoms with Crippen molar-refractivity contribution < 1.29 is 23.5 Å². The van der Waals surface area contributed by atoms with Crippen LogP contribution in [0.15, 0.2) is 24.3 Å². The number of unbranched alkanes of at least 4 members (excludes halogenated alkanes) is 1. The summed E-state index contributed by atoms with van der Waals surface area (Å²) in [6.07, 6.45) is 1.70. The lowest BCUT2D eigenvalue weighted by Crippen LogP contribution is -2.52. The molecule has 3 atom stereocenters. The highest BCUT2D eigenvalue weighted by atomic mass is 19.1. The number of imide groups is 1. The lowest BCUT2D eigenvalue weighted by molar-refractivity contribution is -0.147. The maximum Gasteiger partial charge on any atom is 0.325 e. The van der Waals surface area contributed by atoms with Gasteiger partial charge in [0, 0.05) is 13.1 Å². The summed E-state index contributed by atoms with van der Waals surface area (Å²) in [5.41, 5.74) is -0.749. The van der Waals surface area contributed by atoms with Crippen LogP contribution in [0.25, 0.3) is 0 Å². The van der Waals surface area contributed by atoms with Crippen LogP contribution in [0, 0.1) is 5.82 Å². The third-order valence-electron chi connectivity index (χ3n) is 5.48. The molecule has 158 valence electrons. The number of rotatable bonds is 6. The number of carbonyl (C=O) groups is 3. The first-order valence-corrected chi connectivity index (χ1v) is 10.1. The molecule has 0 bridgehead atoms. The maximum atomic E-state index is 13.4. The van der Waals surface area contributed by atoms with Gasteiger partial charge in [0.05, 0.1) is 12.2 Å². The molecule has 1 aromatic carbocycles. The topological polar surface area (TPSA) is 79.0 Å². The molecule has 2 fully saturated rings. The van der Waals surface area contributed by atoms with E-state index in [0.29, 0.717) is 31.5 Å². The van der Waals surface area contributed by atoms with E-state index in [9.17, 15) is 18.8 Å². The molecule has 1 aromatic rings. The molecule has 0 unspecified atom stereocenters. The summed E-state index contributed by atoms with van der Waals surface area (Å²) in [6, 6.07) is 4.97. The fourth-order valence-electron chi connectivity index (χ4n) is 4.07. The molecule has 29 heavy (non-hydrogen) atoms. The van der Waals surface area contributed by atoms with Gasteiger partial charge in [-0.05, 0) is 38.0 Å². The number of amides is 4. The van der Waals surface area contributed by atoms with Crippen molar-refractivity contribution >= 4 is 17.8 Å². The SMILES string of the molecule is CCCC[C@@]1(c2ccc(F)cc2)NC(=O)N(CC(=O)N2C[C@@H](C)O[C@H](C)C2)C1=O. The molecule has 2 aliphatic heterocycles. The Morgan fingerprint density at radius 2 is 1.83 bits per heavy atom. The third-order valence-corrected chi connectivity index (χ3v) is 5.48. The van der Waals surface area contributed by atoms with Crippen molar-refractivity contribution in [1.29, 1.82) is 0 Å². The molecule has 8 heteroatoms.